The van der Waals surface area contributed by atoms with Gasteiger partial charge in [-0.2, -0.15) is 5.10 Å². The molecule has 2 heterocycles. The summed E-state index contributed by atoms with van der Waals surface area (Å²) in [7, 11) is 1.62. The summed E-state index contributed by atoms with van der Waals surface area (Å²) < 4.78 is 6.43. The zero-order valence-electron chi connectivity index (χ0n) is 9.18. The molecular formula is C10H11ClN4O2. The van der Waals surface area contributed by atoms with E-state index in [1.165, 1.54) is 6.20 Å². The Balaban J connectivity index is 2.33. The molecule has 0 atom stereocenters. The van der Waals surface area contributed by atoms with Crippen molar-refractivity contribution in [3.8, 4) is 0 Å². The molecule has 0 aliphatic heterocycles. The molecule has 0 fully saturated rings. The van der Waals surface area contributed by atoms with Gasteiger partial charge >= 0.3 is 0 Å². The summed E-state index contributed by atoms with van der Waals surface area (Å²) in [5.41, 5.74) is 0.605. The minimum Gasteiger partial charge on any atom is -0.381 e. The number of H-pyrrole nitrogens is 1. The molecule has 6 nitrogen and oxygen atoms in total. The van der Waals surface area contributed by atoms with Crippen molar-refractivity contribution in [3.63, 3.8) is 0 Å². The highest BCUT2D eigenvalue weighted by Gasteiger charge is 2.08. The van der Waals surface area contributed by atoms with Crippen LogP contribution in [-0.4, -0.2) is 33.5 Å². The second-order valence-corrected chi connectivity index (χ2v) is 3.70. The highest BCUT2D eigenvalue weighted by Crippen LogP contribution is 2.08. The summed E-state index contributed by atoms with van der Waals surface area (Å²) in [5.74, 6) is 0. The molecule has 17 heavy (non-hydrogen) atoms. The van der Waals surface area contributed by atoms with E-state index in [9.17, 15) is 4.79 Å². The third-order valence-corrected chi connectivity index (χ3v) is 2.36. The molecule has 0 amide bonds. The molecule has 0 bridgehead atoms. The predicted molar refractivity (Wildman–Crippen MR) is 64.2 cm³/mol. The van der Waals surface area contributed by atoms with E-state index in [0.717, 1.165) is 0 Å². The van der Waals surface area contributed by atoms with E-state index in [2.05, 4.69) is 15.1 Å². The number of fused-ring (bicyclic) bond motifs is 1. The Hall–Kier alpha value is -1.66. The third-order valence-electron chi connectivity index (χ3n) is 2.18. The van der Waals surface area contributed by atoms with Crippen LogP contribution in [0, 0.1) is 0 Å². The molecule has 0 radical (unpaired) electrons. The van der Waals surface area contributed by atoms with Gasteiger partial charge in [-0.25, -0.2) is 4.98 Å². The topological polar surface area (TPSA) is 72.8 Å². The van der Waals surface area contributed by atoms with Gasteiger partial charge in [-0.05, 0) is 11.6 Å². The molecular weight excluding hydrogens is 244 g/mol. The summed E-state index contributed by atoms with van der Waals surface area (Å²) >= 11 is 5.64. The van der Waals surface area contributed by atoms with Crippen LogP contribution in [0.15, 0.2) is 23.1 Å². The number of hydrogen-bond acceptors (Lipinski definition) is 4. The Morgan fingerprint density at radius 2 is 2.41 bits per heavy atom. The van der Waals surface area contributed by atoms with Crippen molar-refractivity contribution in [2.45, 2.75) is 6.54 Å². The molecule has 0 saturated heterocycles. The number of aromatic nitrogens is 4. The van der Waals surface area contributed by atoms with E-state index >= 15 is 0 Å². The van der Waals surface area contributed by atoms with Crippen molar-refractivity contribution in [3.05, 3.63) is 34.0 Å². The van der Waals surface area contributed by atoms with E-state index in [0.29, 0.717) is 24.2 Å². The van der Waals surface area contributed by atoms with E-state index in [1.807, 2.05) is 12.2 Å². The van der Waals surface area contributed by atoms with Crippen molar-refractivity contribution in [2.24, 2.45) is 0 Å². The quantitative estimate of drug-likeness (QED) is 0.652. The maximum atomic E-state index is 11.7. The number of ether oxygens (including phenoxy) is 1. The second kappa shape index (κ2) is 5.11. The molecule has 0 unspecified atom stereocenters. The van der Waals surface area contributed by atoms with E-state index in [1.54, 1.807) is 11.8 Å². The molecule has 90 valence electrons. The molecule has 0 aliphatic rings. The van der Waals surface area contributed by atoms with E-state index < -0.39 is 0 Å². The minimum atomic E-state index is -0.294. The smallest absolute Gasteiger partial charge is 0.278 e. The lowest BCUT2D eigenvalue weighted by molar-refractivity contribution is 0.233. The Kier molecular flexibility index (Phi) is 3.55. The summed E-state index contributed by atoms with van der Waals surface area (Å²) in [6, 6.07) is 0. The standard InChI is InChI=1S/C10H11ClN4O2/c1-17-5-3-2-4-15-8-7(6-12-15)13-10(11)14-9(8)16/h2-3,6H,4-5H2,1H3,(H,13,14,16). The van der Waals surface area contributed by atoms with Gasteiger partial charge in [-0.3, -0.25) is 14.5 Å². The predicted octanol–water partition coefficient (Wildman–Crippen LogP) is 0.976. The Labute approximate surface area is 102 Å². The van der Waals surface area contributed by atoms with Crippen molar-refractivity contribution in [1.82, 2.24) is 19.7 Å². The van der Waals surface area contributed by atoms with Crippen LogP contribution in [0.5, 0.6) is 0 Å². The summed E-state index contributed by atoms with van der Waals surface area (Å²) in [4.78, 5) is 18.1. The van der Waals surface area contributed by atoms with Gasteiger partial charge in [0, 0.05) is 7.11 Å². The van der Waals surface area contributed by atoms with Gasteiger partial charge in [0.1, 0.15) is 5.52 Å². The van der Waals surface area contributed by atoms with Crippen LogP contribution < -0.4 is 5.56 Å². The normalized spacial score (nSPS) is 11.6. The van der Waals surface area contributed by atoms with Crippen molar-refractivity contribution >= 4 is 22.6 Å². The van der Waals surface area contributed by atoms with Gasteiger partial charge in [-0.1, -0.05) is 12.2 Å². The first-order chi connectivity index (χ1) is 8.22. The van der Waals surface area contributed by atoms with Crippen molar-refractivity contribution < 1.29 is 4.74 Å². The lowest BCUT2D eigenvalue weighted by Crippen LogP contribution is -2.12. The van der Waals surface area contributed by atoms with Crippen LogP contribution in [-0.2, 0) is 11.3 Å². The molecule has 2 rings (SSSR count). The molecule has 0 saturated carbocycles. The zero-order valence-corrected chi connectivity index (χ0v) is 9.94. The summed E-state index contributed by atoms with van der Waals surface area (Å²) in [6.45, 7) is 1.01. The number of hydrogen-bond donors (Lipinski definition) is 1. The number of nitrogens with zero attached hydrogens (tertiary/aromatic N) is 3. The highest BCUT2D eigenvalue weighted by molar-refractivity contribution is 6.28. The molecule has 0 aromatic carbocycles. The van der Waals surface area contributed by atoms with Gasteiger partial charge in [0.2, 0.25) is 5.28 Å². The van der Waals surface area contributed by atoms with Crippen molar-refractivity contribution in [2.75, 3.05) is 13.7 Å². The molecule has 7 heteroatoms. The maximum Gasteiger partial charge on any atom is 0.278 e. The lowest BCUT2D eigenvalue weighted by Gasteiger charge is -1.98. The average molecular weight is 255 g/mol. The monoisotopic (exact) mass is 254 g/mol. The maximum absolute atomic E-state index is 11.7. The van der Waals surface area contributed by atoms with Gasteiger partial charge in [0.15, 0.2) is 5.52 Å². The fourth-order valence-corrected chi connectivity index (χ4v) is 1.63. The van der Waals surface area contributed by atoms with Crippen LogP contribution in [0.25, 0.3) is 11.0 Å². The summed E-state index contributed by atoms with van der Waals surface area (Å²) in [6.07, 6.45) is 5.23. The first-order valence-electron chi connectivity index (χ1n) is 4.97. The molecule has 1 N–H and O–H groups in total. The number of aromatic amines is 1. The highest BCUT2D eigenvalue weighted by atomic mass is 35.5. The van der Waals surface area contributed by atoms with Crippen molar-refractivity contribution in [1.29, 1.82) is 0 Å². The van der Waals surface area contributed by atoms with Crippen LogP contribution in [0.2, 0.25) is 5.28 Å². The largest absolute Gasteiger partial charge is 0.381 e. The number of halogens is 1. The molecule has 0 aliphatic carbocycles. The lowest BCUT2D eigenvalue weighted by atomic mass is 10.4. The number of methoxy groups -OCH3 is 1. The van der Waals surface area contributed by atoms with Crippen LogP contribution >= 0.6 is 11.6 Å². The minimum absolute atomic E-state index is 0.0666. The van der Waals surface area contributed by atoms with Gasteiger partial charge in [0.05, 0.1) is 19.3 Å². The number of nitrogens with one attached hydrogen (secondary N) is 1. The second-order valence-electron chi connectivity index (χ2n) is 3.34. The van der Waals surface area contributed by atoms with Gasteiger partial charge in [-0.15, -0.1) is 0 Å². The van der Waals surface area contributed by atoms with Crippen LogP contribution in [0.4, 0.5) is 0 Å². The fraction of sp³-hybridized carbons (Fsp3) is 0.300. The van der Waals surface area contributed by atoms with Gasteiger partial charge < -0.3 is 4.74 Å². The van der Waals surface area contributed by atoms with Crippen LogP contribution in [0.3, 0.4) is 0 Å². The number of rotatable bonds is 4. The molecule has 2 aromatic rings. The fourth-order valence-electron chi connectivity index (χ4n) is 1.45. The average Bonchev–Trinajstić information content (AvgIpc) is 2.68. The van der Waals surface area contributed by atoms with E-state index in [4.69, 9.17) is 16.3 Å². The zero-order chi connectivity index (χ0) is 12.3. The molecule has 2 aromatic heterocycles. The Bertz CT molecular complexity index is 602. The Morgan fingerprint density at radius 1 is 1.59 bits per heavy atom. The SMILES string of the molecule is COCC=CCn1ncc2nc(Cl)[nH]c(=O)c21. The third kappa shape index (κ3) is 2.54. The van der Waals surface area contributed by atoms with E-state index in [-0.39, 0.29) is 10.8 Å². The van der Waals surface area contributed by atoms with Crippen LogP contribution in [0.1, 0.15) is 0 Å². The first kappa shape index (κ1) is 11.8. The first-order valence-corrected chi connectivity index (χ1v) is 5.35. The number of allylic oxidation sites excluding steroid dienone is 1. The Morgan fingerprint density at radius 3 is 3.18 bits per heavy atom. The van der Waals surface area contributed by atoms with Gasteiger partial charge in [0.25, 0.3) is 5.56 Å². The summed E-state index contributed by atoms with van der Waals surface area (Å²) in [5, 5.41) is 4.14. The molecule has 0 spiro atoms.